The van der Waals surface area contributed by atoms with Crippen molar-refractivity contribution < 1.29 is 9.59 Å². The molecule has 0 aliphatic carbocycles. The van der Waals surface area contributed by atoms with E-state index in [-0.39, 0.29) is 24.3 Å². The maximum atomic E-state index is 13.8. The van der Waals surface area contributed by atoms with Crippen molar-refractivity contribution in [3.8, 4) is 0 Å². The van der Waals surface area contributed by atoms with E-state index >= 15 is 0 Å². The fraction of sp³-hybridized carbons (Fsp3) is 0.333. The van der Waals surface area contributed by atoms with Crippen molar-refractivity contribution in [1.82, 2.24) is 24.8 Å². The molecule has 5 rings (SSSR count). The number of hydrogen-bond donors (Lipinski definition) is 1. The summed E-state index contributed by atoms with van der Waals surface area (Å²) in [5, 5.41) is 0. The normalized spacial score (nSPS) is 19.1. The predicted molar refractivity (Wildman–Crippen MR) is 134 cm³/mol. The van der Waals surface area contributed by atoms with Crippen LogP contribution < -0.4 is 5.73 Å². The van der Waals surface area contributed by atoms with Gasteiger partial charge in [-0.15, -0.1) is 0 Å². The zero-order chi connectivity index (χ0) is 25.3. The maximum absolute atomic E-state index is 13.8. The quantitative estimate of drug-likeness (QED) is 0.552. The average Bonchev–Trinajstić information content (AvgIpc) is 3.43. The molecule has 2 aliphatic heterocycles. The highest BCUT2D eigenvalue weighted by Gasteiger charge is 2.48. The van der Waals surface area contributed by atoms with Crippen LogP contribution in [0.25, 0.3) is 0 Å². The Morgan fingerprint density at radius 2 is 1.72 bits per heavy atom. The summed E-state index contributed by atoms with van der Waals surface area (Å²) in [6.45, 7) is 5.22. The average molecular weight is 484 g/mol. The van der Waals surface area contributed by atoms with Crippen molar-refractivity contribution >= 4 is 17.8 Å². The first-order valence-corrected chi connectivity index (χ1v) is 12.1. The van der Waals surface area contributed by atoms with Crippen molar-refractivity contribution in [3.05, 3.63) is 89.3 Å². The van der Waals surface area contributed by atoms with E-state index in [1.165, 1.54) is 4.90 Å². The zero-order valence-electron chi connectivity index (χ0n) is 20.5. The molecule has 2 amide bonds. The molecule has 3 aromatic rings. The van der Waals surface area contributed by atoms with Gasteiger partial charge in [-0.1, -0.05) is 44.2 Å². The molecule has 184 valence electrons. The Balaban J connectivity index is 1.37. The first kappa shape index (κ1) is 23.6. The Labute approximate surface area is 210 Å². The van der Waals surface area contributed by atoms with Gasteiger partial charge in [0.05, 0.1) is 36.7 Å². The number of aromatic nitrogens is 3. The van der Waals surface area contributed by atoms with E-state index in [1.54, 1.807) is 35.6 Å². The third kappa shape index (κ3) is 4.32. The molecule has 0 radical (unpaired) electrons. The summed E-state index contributed by atoms with van der Waals surface area (Å²) in [7, 11) is 0. The van der Waals surface area contributed by atoms with Gasteiger partial charge in [-0.25, -0.2) is 4.99 Å². The lowest BCUT2D eigenvalue weighted by atomic mass is 9.83. The van der Waals surface area contributed by atoms with E-state index in [1.807, 2.05) is 30.3 Å². The van der Waals surface area contributed by atoms with Gasteiger partial charge in [-0.3, -0.25) is 29.4 Å². The largest absolute Gasteiger partial charge is 0.369 e. The van der Waals surface area contributed by atoms with Crippen LogP contribution in [-0.2, 0) is 30.0 Å². The number of pyridine rings is 1. The van der Waals surface area contributed by atoms with E-state index in [0.29, 0.717) is 36.7 Å². The van der Waals surface area contributed by atoms with Gasteiger partial charge in [0.2, 0.25) is 0 Å². The van der Waals surface area contributed by atoms with Gasteiger partial charge in [0.25, 0.3) is 11.8 Å². The number of carbonyl (C=O) groups excluding carboxylic acids is 2. The van der Waals surface area contributed by atoms with Crippen LogP contribution >= 0.6 is 0 Å². The van der Waals surface area contributed by atoms with Crippen molar-refractivity contribution in [3.63, 3.8) is 0 Å². The number of hydrogen-bond acceptors (Lipinski definition) is 7. The van der Waals surface area contributed by atoms with Gasteiger partial charge in [0.15, 0.2) is 11.5 Å². The first-order chi connectivity index (χ1) is 17.4. The second-order valence-electron chi connectivity index (χ2n) is 9.67. The lowest BCUT2D eigenvalue weighted by Gasteiger charge is -2.27. The van der Waals surface area contributed by atoms with Crippen molar-refractivity contribution in [2.45, 2.75) is 51.9 Å². The predicted octanol–water partition coefficient (Wildman–Crippen LogP) is 3.02. The minimum absolute atomic E-state index is 0.134. The van der Waals surface area contributed by atoms with Gasteiger partial charge in [-0.05, 0) is 36.5 Å². The third-order valence-corrected chi connectivity index (χ3v) is 6.73. The van der Waals surface area contributed by atoms with Crippen LogP contribution in [0.4, 0.5) is 0 Å². The first-order valence-electron chi connectivity index (χ1n) is 12.1. The summed E-state index contributed by atoms with van der Waals surface area (Å²) >= 11 is 0. The molecule has 0 spiro atoms. The molecule has 1 unspecified atom stereocenters. The molecule has 0 bridgehead atoms. The van der Waals surface area contributed by atoms with Crippen molar-refractivity contribution in [1.29, 1.82) is 0 Å². The number of carbonyl (C=O) groups is 2. The zero-order valence-corrected chi connectivity index (χ0v) is 20.5. The Morgan fingerprint density at radius 1 is 1.03 bits per heavy atom. The molecular formula is C27H29N7O2. The molecule has 1 aromatic carbocycles. The van der Waals surface area contributed by atoms with Crippen LogP contribution in [0.15, 0.2) is 66.0 Å². The number of rotatable bonds is 7. The number of nitrogens with zero attached hydrogens (tertiary/aromatic N) is 6. The smallest absolute Gasteiger partial charge is 0.262 e. The summed E-state index contributed by atoms with van der Waals surface area (Å²) < 4.78 is 0. The molecule has 1 atom stereocenters. The molecule has 9 heteroatoms. The van der Waals surface area contributed by atoms with E-state index in [0.717, 1.165) is 23.4 Å². The van der Waals surface area contributed by atoms with E-state index in [4.69, 9.17) is 10.7 Å². The molecule has 0 fully saturated rings. The monoisotopic (exact) mass is 483 g/mol. The number of amides is 2. The number of nitrogens with two attached hydrogens (primary N) is 1. The molecule has 36 heavy (non-hydrogen) atoms. The van der Waals surface area contributed by atoms with Gasteiger partial charge in [0.1, 0.15) is 0 Å². The maximum Gasteiger partial charge on any atom is 0.262 e. The lowest BCUT2D eigenvalue weighted by molar-refractivity contribution is -0.132. The van der Waals surface area contributed by atoms with Gasteiger partial charge < -0.3 is 10.6 Å². The Hall–Kier alpha value is -4.14. The highest BCUT2D eigenvalue weighted by molar-refractivity contribution is 6.07. The van der Waals surface area contributed by atoms with E-state index in [2.05, 4.69) is 28.8 Å². The highest BCUT2D eigenvalue weighted by Crippen LogP contribution is 2.38. The number of guanidine groups is 1. The summed E-state index contributed by atoms with van der Waals surface area (Å²) in [5.41, 5.74) is 8.77. The van der Waals surface area contributed by atoms with Crippen molar-refractivity contribution in [2.24, 2.45) is 16.6 Å². The van der Waals surface area contributed by atoms with Crippen LogP contribution in [0.3, 0.4) is 0 Å². The molecular weight excluding hydrogens is 454 g/mol. The highest BCUT2D eigenvalue weighted by atomic mass is 16.2. The fourth-order valence-electron chi connectivity index (χ4n) is 4.75. The molecule has 4 heterocycles. The van der Waals surface area contributed by atoms with Crippen molar-refractivity contribution in [2.75, 3.05) is 0 Å². The summed E-state index contributed by atoms with van der Waals surface area (Å²) in [5.74, 6) is 0.273. The van der Waals surface area contributed by atoms with Crippen LogP contribution in [0.1, 0.15) is 59.7 Å². The minimum Gasteiger partial charge on any atom is -0.369 e. The molecule has 0 saturated carbocycles. The van der Waals surface area contributed by atoms with E-state index in [9.17, 15) is 9.59 Å². The number of benzene rings is 1. The number of fused-ring (bicyclic) bond motifs is 1. The molecule has 0 saturated heterocycles. The summed E-state index contributed by atoms with van der Waals surface area (Å²) in [4.78, 5) is 47.9. The van der Waals surface area contributed by atoms with Gasteiger partial charge in [0, 0.05) is 24.2 Å². The SMILES string of the molecule is CC(C)CCC1(c2ccccc2)N=C(N)N(Cc2cc(C(=O)N3Cc4nccnc4C3)ccn2)C1=O. The van der Waals surface area contributed by atoms with Gasteiger partial charge >= 0.3 is 0 Å². The summed E-state index contributed by atoms with van der Waals surface area (Å²) in [6, 6.07) is 13.0. The van der Waals surface area contributed by atoms with Crippen LogP contribution in [0.2, 0.25) is 0 Å². The molecule has 9 nitrogen and oxygen atoms in total. The third-order valence-electron chi connectivity index (χ3n) is 6.73. The summed E-state index contributed by atoms with van der Waals surface area (Å²) in [6.07, 6.45) is 6.24. The second-order valence-corrected chi connectivity index (χ2v) is 9.67. The molecule has 2 N–H and O–H groups in total. The van der Waals surface area contributed by atoms with Gasteiger partial charge in [-0.2, -0.15) is 0 Å². The minimum atomic E-state index is -1.05. The lowest BCUT2D eigenvalue weighted by Crippen LogP contribution is -2.42. The standard InChI is InChI=1S/C27H29N7O2/c1-18(2)8-10-27(20-6-4-3-5-7-20)25(36)34(26(28)32-27)15-21-14-19(9-11-29-21)24(35)33-16-22-23(17-33)31-13-12-30-22/h3-7,9,11-14,18H,8,10,15-17H2,1-2H3,(H2,28,32). The van der Waals surface area contributed by atoms with Crippen LogP contribution in [-0.4, -0.2) is 42.5 Å². The fourth-order valence-corrected chi connectivity index (χ4v) is 4.75. The second kappa shape index (κ2) is 9.49. The Bertz CT molecular complexity index is 1300. The van der Waals surface area contributed by atoms with Crippen LogP contribution in [0.5, 0.6) is 0 Å². The van der Waals surface area contributed by atoms with Crippen LogP contribution in [0, 0.1) is 5.92 Å². The Morgan fingerprint density at radius 3 is 2.39 bits per heavy atom. The molecule has 2 aliphatic rings. The Kier molecular flexibility index (Phi) is 6.22. The topological polar surface area (TPSA) is 118 Å². The van der Waals surface area contributed by atoms with E-state index < -0.39 is 5.54 Å². The molecule has 2 aromatic heterocycles. The number of aliphatic imine (C=N–C) groups is 1.